The van der Waals surface area contributed by atoms with Crippen molar-refractivity contribution in [1.29, 1.82) is 0 Å². The first-order valence-electron chi connectivity index (χ1n) is 15.2. The van der Waals surface area contributed by atoms with Crippen molar-refractivity contribution in [3.8, 4) is 11.5 Å². The van der Waals surface area contributed by atoms with Gasteiger partial charge in [-0.15, -0.1) is 0 Å². The number of anilines is 8. The fraction of sp³-hybridized carbons (Fsp3) is 0.211. The zero-order valence-electron chi connectivity index (χ0n) is 24.0. The second-order valence-electron chi connectivity index (χ2n) is 12.5. The van der Waals surface area contributed by atoms with Gasteiger partial charge in [0, 0.05) is 28.5 Å². The summed E-state index contributed by atoms with van der Waals surface area (Å²) in [5.74, 6) is 1.78. The minimum Gasteiger partial charge on any atom is -0.453 e. The summed E-state index contributed by atoms with van der Waals surface area (Å²) in [6.45, 7) is 5.00. The summed E-state index contributed by atoms with van der Waals surface area (Å²) in [6, 6.07) is 41.3. The third kappa shape index (κ3) is 2.97. The standard InChI is InChI=1S/C38H33N3O/c1-37-23-9-10-24-38(37,2)41-32-19-12-20-33-36(32)40(31-18-11-17-29(37)35(31)41)30-22-21-28(25-34(30)42-33)39(26-13-5-3-6-14-26)27-15-7-4-8-16-27/h3-8,11-22,25H,9-10,23-24H2,1-2H3. The van der Waals surface area contributed by atoms with Crippen molar-refractivity contribution in [2.75, 3.05) is 14.7 Å². The third-order valence-electron chi connectivity index (χ3n) is 10.5. The Morgan fingerprint density at radius 1 is 0.595 bits per heavy atom. The lowest BCUT2D eigenvalue weighted by atomic mass is 9.61. The van der Waals surface area contributed by atoms with Crippen molar-refractivity contribution in [3.63, 3.8) is 0 Å². The van der Waals surface area contributed by atoms with Gasteiger partial charge in [-0.1, -0.05) is 74.4 Å². The maximum Gasteiger partial charge on any atom is 0.153 e. The number of hydrogen-bond donors (Lipinski definition) is 0. The number of rotatable bonds is 3. The first-order valence-corrected chi connectivity index (χ1v) is 15.2. The number of hydrogen-bond acceptors (Lipinski definition) is 4. The van der Waals surface area contributed by atoms with E-state index in [4.69, 9.17) is 4.74 Å². The molecule has 0 bridgehead atoms. The topological polar surface area (TPSA) is 19.0 Å². The van der Waals surface area contributed by atoms with Gasteiger partial charge < -0.3 is 14.5 Å². The summed E-state index contributed by atoms with van der Waals surface area (Å²) in [5.41, 5.74) is 11.0. The number of para-hydroxylation sites is 4. The summed E-state index contributed by atoms with van der Waals surface area (Å²) < 4.78 is 6.81. The Labute approximate surface area is 247 Å². The van der Waals surface area contributed by atoms with E-state index in [9.17, 15) is 0 Å². The van der Waals surface area contributed by atoms with Crippen LogP contribution in [0.15, 0.2) is 115 Å². The van der Waals surface area contributed by atoms with Crippen LogP contribution in [-0.2, 0) is 5.41 Å². The molecule has 0 amide bonds. The van der Waals surface area contributed by atoms with Crippen molar-refractivity contribution in [2.24, 2.45) is 0 Å². The van der Waals surface area contributed by atoms with Crippen molar-refractivity contribution < 1.29 is 4.74 Å². The molecule has 1 fully saturated rings. The molecule has 4 nitrogen and oxygen atoms in total. The smallest absolute Gasteiger partial charge is 0.153 e. The van der Waals surface area contributed by atoms with Crippen molar-refractivity contribution in [3.05, 3.63) is 121 Å². The van der Waals surface area contributed by atoms with Crippen LogP contribution in [0.1, 0.15) is 45.1 Å². The molecular weight excluding hydrogens is 514 g/mol. The predicted molar refractivity (Wildman–Crippen MR) is 172 cm³/mol. The molecule has 42 heavy (non-hydrogen) atoms. The van der Waals surface area contributed by atoms with Gasteiger partial charge in [0.15, 0.2) is 11.5 Å². The molecule has 1 aliphatic carbocycles. The Kier molecular flexibility index (Phi) is 4.80. The van der Waals surface area contributed by atoms with Gasteiger partial charge >= 0.3 is 0 Å². The monoisotopic (exact) mass is 547 g/mol. The van der Waals surface area contributed by atoms with E-state index >= 15 is 0 Å². The van der Waals surface area contributed by atoms with Crippen LogP contribution in [0.2, 0.25) is 0 Å². The number of fused-ring (bicyclic) bond motifs is 7. The first-order chi connectivity index (χ1) is 20.6. The summed E-state index contributed by atoms with van der Waals surface area (Å²) in [6.07, 6.45) is 4.97. The SMILES string of the molecule is CC12CCCCC1(C)N1c3cccc4c3N(c3ccc(N(c5ccccc5)c5ccccc5)cc3O4)c3cccc2c31. The maximum atomic E-state index is 6.81. The average Bonchev–Trinajstić information content (AvgIpc) is 3.24. The van der Waals surface area contributed by atoms with Crippen LogP contribution in [0.3, 0.4) is 0 Å². The minimum atomic E-state index is 0.0287. The molecule has 0 N–H and O–H groups in total. The fourth-order valence-electron chi connectivity index (χ4n) is 8.30. The number of benzene rings is 5. The van der Waals surface area contributed by atoms with Crippen molar-refractivity contribution >= 4 is 45.5 Å². The van der Waals surface area contributed by atoms with Crippen LogP contribution in [0.25, 0.3) is 0 Å². The van der Waals surface area contributed by atoms with Gasteiger partial charge in [0.25, 0.3) is 0 Å². The van der Waals surface area contributed by atoms with Crippen LogP contribution in [0.5, 0.6) is 11.5 Å². The second-order valence-corrected chi connectivity index (χ2v) is 12.5. The van der Waals surface area contributed by atoms with Crippen molar-refractivity contribution in [2.45, 2.75) is 50.5 Å². The van der Waals surface area contributed by atoms with Gasteiger partial charge in [-0.2, -0.15) is 0 Å². The Balaban J connectivity index is 1.25. The van der Waals surface area contributed by atoms with Gasteiger partial charge in [-0.05, 0) is 79.9 Å². The van der Waals surface area contributed by atoms with Gasteiger partial charge in [-0.25, -0.2) is 0 Å². The average molecular weight is 548 g/mol. The van der Waals surface area contributed by atoms with Crippen LogP contribution >= 0.6 is 0 Å². The molecule has 5 aromatic rings. The number of ether oxygens (including phenoxy) is 1. The lowest BCUT2D eigenvalue weighted by molar-refractivity contribution is 0.195. The van der Waals surface area contributed by atoms with E-state index < -0.39 is 0 Å². The highest BCUT2D eigenvalue weighted by atomic mass is 16.5. The minimum absolute atomic E-state index is 0.0287. The number of nitrogens with zero attached hydrogens (tertiary/aromatic N) is 3. The molecule has 9 rings (SSSR count). The molecule has 3 heterocycles. The Hall–Kier alpha value is -4.70. The van der Waals surface area contributed by atoms with Gasteiger partial charge in [-0.3, -0.25) is 4.90 Å². The third-order valence-corrected chi connectivity index (χ3v) is 10.5. The largest absolute Gasteiger partial charge is 0.453 e. The quantitative estimate of drug-likeness (QED) is 0.219. The zero-order valence-corrected chi connectivity index (χ0v) is 24.0. The molecule has 4 aliphatic rings. The molecule has 206 valence electrons. The first kappa shape index (κ1) is 24.0. The molecule has 0 aromatic heterocycles. The lowest BCUT2D eigenvalue weighted by Crippen LogP contribution is -2.55. The maximum absolute atomic E-state index is 6.81. The molecule has 5 aromatic carbocycles. The molecule has 0 saturated heterocycles. The van der Waals surface area contributed by atoms with Crippen LogP contribution < -0.4 is 19.4 Å². The van der Waals surface area contributed by atoms with Crippen LogP contribution in [0.4, 0.5) is 45.5 Å². The van der Waals surface area contributed by atoms with E-state index in [1.165, 1.54) is 48.3 Å². The summed E-state index contributed by atoms with van der Waals surface area (Å²) in [4.78, 5) is 7.43. The highest BCUT2D eigenvalue weighted by Gasteiger charge is 2.60. The van der Waals surface area contributed by atoms with E-state index in [-0.39, 0.29) is 11.0 Å². The second kappa shape index (κ2) is 8.42. The molecule has 0 radical (unpaired) electrons. The van der Waals surface area contributed by atoms with E-state index in [0.29, 0.717) is 0 Å². The molecule has 4 heteroatoms. The predicted octanol–water partition coefficient (Wildman–Crippen LogP) is 10.8. The molecule has 1 saturated carbocycles. The zero-order chi connectivity index (χ0) is 28.1. The highest BCUT2D eigenvalue weighted by Crippen LogP contribution is 2.69. The molecule has 0 spiro atoms. The molecular formula is C38H33N3O. The van der Waals surface area contributed by atoms with Crippen LogP contribution in [-0.4, -0.2) is 5.54 Å². The van der Waals surface area contributed by atoms with Crippen molar-refractivity contribution in [1.82, 2.24) is 0 Å². The summed E-state index contributed by atoms with van der Waals surface area (Å²) >= 11 is 0. The normalized spacial score (nSPS) is 22.4. The van der Waals surface area contributed by atoms with E-state index in [0.717, 1.165) is 39.9 Å². The van der Waals surface area contributed by atoms with Gasteiger partial charge in [0.05, 0.1) is 28.3 Å². The molecule has 2 unspecified atom stereocenters. The summed E-state index contributed by atoms with van der Waals surface area (Å²) in [7, 11) is 0. The molecule has 2 atom stereocenters. The van der Waals surface area contributed by atoms with Gasteiger partial charge in [0.1, 0.15) is 5.69 Å². The van der Waals surface area contributed by atoms with E-state index in [1.54, 1.807) is 0 Å². The van der Waals surface area contributed by atoms with Gasteiger partial charge in [0.2, 0.25) is 0 Å². The Morgan fingerprint density at radius 2 is 1.29 bits per heavy atom. The Morgan fingerprint density at radius 3 is 2.05 bits per heavy atom. The highest BCUT2D eigenvalue weighted by molar-refractivity contribution is 6.06. The fourth-order valence-corrected chi connectivity index (χ4v) is 8.30. The van der Waals surface area contributed by atoms with E-state index in [2.05, 4.69) is 144 Å². The van der Waals surface area contributed by atoms with Crippen LogP contribution in [0, 0.1) is 0 Å². The van der Waals surface area contributed by atoms with E-state index in [1.807, 2.05) is 0 Å². The summed E-state index contributed by atoms with van der Waals surface area (Å²) in [5, 5.41) is 0. The lowest BCUT2D eigenvalue weighted by Gasteiger charge is -2.52. The molecule has 3 aliphatic heterocycles. The Bertz CT molecular complexity index is 1830.